The van der Waals surface area contributed by atoms with E-state index in [0.717, 1.165) is 6.04 Å². The summed E-state index contributed by atoms with van der Waals surface area (Å²) < 4.78 is 0. The van der Waals surface area contributed by atoms with Crippen LogP contribution in [0.25, 0.3) is 0 Å². The van der Waals surface area contributed by atoms with Crippen molar-refractivity contribution in [1.29, 1.82) is 0 Å². The molecule has 0 fully saturated rings. The minimum Gasteiger partial charge on any atom is -0.127 e. The molecular weight excluding hydrogens is 208 g/mol. The molecule has 1 aromatic carbocycles. The molecule has 1 rings (SSSR count). The van der Waals surface area contributed by atoms with Crippen molar-refractivity contribution in [2.45, 2.75) is 6.04 Å². The van der Waals surface area contributed by atoms with Gasteiger partial charge < -0.3 is 0 Å². The lowest BCUT2D eigenvalue weighted by Gasteiger charge is -2.23. The minimum absolute atomic E-state index is 0.666. The summed E-state index contributed by atoms with van der Waals surface area (Å²) in [5.41, 5.74) is 4.11. The fourth-order valence-electron chi connectivity index (χ4n) is 1.57. The van der Waals surface area contributed by atoms with Gasteiger partial charge in [-0.2, -0.15) is 0 Å². The van der Waals surface area contributed by atoms with Gasteiger partial charge >= 0.3 is 0 Å². The Morgan fingerprint density at radius 2 is 1.71 bits per heavy atom. The van der Waals surface area contributed by atoms with E-state index >= 15 is 0 Å². The van der Waals surface area contributed by atoms with Crippen LogP contribution in [0.4, 0.5) is 0 Å². The van der Waals surface area contributed by atoms with Crippen LogP contribution in [0.1, 0.15) is 0 Å². The molecule has 74 valence electrons. The maximum Gasteiger partial charge on any atom is 0.133 e. The highest BCUT2D eigenvalue weighted by Gasteiger charge is 2.26. The second-order valence-electron chi connectivity index (χ2n) is 3.25. The summed E-state index contributed by atoms with van der Waals surface area (Å²) in [4.78, 5) is 0. The van der Waals surface area contributed by atoms with E-state index in [9.17, 15) is 0 Å². The molecule has 0 N–H and O–H groups in total. The molecule has 0 unspecified atom stereocenters. The third-order valence-corrected chi connectivity index (χ3v) is 7.00. The highest BCUT2D eigenvalue weighted by Crippen LogP contribution is 2.13. The van der Waals surface area contributed by atoms with E-state index in [4.69, 9.17) is 11.6 Å². The second-order valence-corrected chi connectivity index (χ2v) is 7.61. The summed E-state index contributed by atoms with van der Waals surface area (Å²) >= 11 is 5.83. The molecule has 0 spiro atoms. The Kier molecular flexibility index (Phi) is 4.17. The highest BCUT2D eigenvalue weighted by atomic mass is 35.5. The van der Waals surface area contributed by atoms with Crippen LogP contribution in [-0.2, 0) is 0 Å². The molecule has 0 aliphatic heterocycles. The van der Waals surface area contributed by atoms with Gasteiger partial charge in [-0.25, -0.2) is 0 Å². The van der Waals surface area contributed by atoms with Gasteiger partial charge in [0.05, 0.1) is 0 Å². The summed E-state index contributed by atoms with van der Waals surface area (Å²) in [6, 6.07) is 11.4. The fourth-order valence-corrected chi connectivity index (χ4v) is 4.97. The molecule has 0 atom stereocenters. The zero-order chi connectivity index (χ0) is 10.4. The average Bonchev–Trinajstić information content (AvgIpc) is 2.27. The number of hydrogen-bond donors (Lipinski definition) is 0. The van der Waals surface area contributed by atoms with Gasteiger partial charge in [0.15, 0.2) is 0 Å². The summed E-state index contributed by atoms with van der Waals surface area (Å²) in [5, 5.41) is 1.34. The van der Waals surface area contributed by atoms with E-state index in [-0.39, 0.29) is 0 Å². The van der Waals surface area contributed by atoms with Crippen LogP contribution in [0.15, 0.2) is 54.9 Å². The fraction of sp³-hybridized carbons (Fsp3) is 0.167. The van der Waals surface area contributed by atoms with Crippen LogP contribution in [-0.4, -0.2) is 14.0 Å². The molecule has 0 aliphatic carbocycles. The first-order valence-corrected chi connectivity index (χ1v) is 7.57. The Hall–Kier alpha value is -0.793. The van der Waals surface area contributed by atoms with Crippen LogP contribution in [0.3, 0.4) is 0 Å². The third kappa shape index (κ3) is 2.17. The topological polar surface area (TPSA) is 0 Å². The van der Waals surface area contributed by atoms with Gasteiger partial charge in [0.25, 0.3) is 0 Å². The smallest absolute Gasteiger partial charge is 0.127 e. The van der Waals surface area contributed by atoms with Crippen molar-refractivity contribution in [1.82, 2.24) is 0 Å². The Bertz CT molecular complexity index is 297. The zero-order valence-electron chi connectivity index (χ0n) is 8.25. The normalized spacial score (nSPS) is 10.9. The maximum atomic E-state index is 5.83. The largest absolute Gasteiger partial charge is 0.133 e. The predicted octanol–water partition coefficient (Wildman–Crippen LogP) is 3.03. The lowest BCUT2D eigenvalue weighted by Crippen LogP contribution is -2.44. The van der Waals surface area contributed by atoms with Gasteiger partial charge in [0.2, 0.25) is 0 Å². The first kappa shape index (κ1) is 11.3. The van der Waals surface area contributed by atoms with Crippen molar-refractivity contribution >= 4 is 24.9 Å². The van der Waals surface area contributed by atoms with Crippen LogP contribution in [0.2, 0.25) is 6.04 Å². The number of benzene rings is 1. The first-order chi connectivity index (χ1) is 6.79. The molecule has 1 aromatic rings. The monoisotopic (exact) mass is 222 g/mol. The SMILES string of the molecule is C=C[Si](C=C)(CCCl)c1ccccc1. The number of hydrogen-bond acceptors (Lipinski definition) is 0. The van der Waals surface area contributed by atoms with Crippen molar-refractivity contribution in [3.8, 4) is 0 Å². The molecule has 14 heavy (non-hydrogen) atoms. The van der Waals surface area contributed by atoms with E-state index in [1.807, 2.05) is 6.07 Å². The van der Waals surface area contributed by atoms with Crippen molar-refractivity contribution in [2.24, 2.45) is 0 Å². The molecular formula is C12H15ClSi. The Morgan fingerprint density at radius 3 is 2.14 bits per heavy atom. The second kappa shape index (κ2) is 5.18. The quantitative estimate of drug-likeness (QED) is 0.531. The van der Waals surface area contributed by atoms with E-state index < -0.39 is 8.07 Å². The van der Waals surface area contributed by atoms with Crippen LogP contribution in [0, 0.1) is 0 Å². The molecule has 0 aromatic heterocycles. The molecule has 0 nitrogen and oxygen atoms in total. The summed E-state index contributed by atoms with van der Waals surface area (Å²) in [6.45, 7) is 7.86. The van der Waals surface area contributed by atoms with Crippen molar-refractivity contribution in [3.05, 3.63) is 54.9 Å². The lowest BCUT2D eigenvalue weighted by molar-refractivity contribution is 1.42. The van der Waals surface area contributed by atoms with E-state index in [2.05, 4.69) is 48.8 Å². The molecule has 2 heteroatoms. The van der Waals surface area contributed by atoms with Crippen LogP contribution < -0.4 is 5.19 Å². The Labute approximate surface area is 91.9 Å². The molecule has 0 amide bonds. The Morgan fingerprint density at radius 1 is 1.14 bits per heavy atom. The minimum atomic E-state index is -1.72. The zero-order valence-corrected chi connectivity index (χ0v) is 10.0. The van der Waals surface area contributed by atoms with Gasteiger partial charge in [0.1, 0.15) is 8.07 Å². The summed E-state index contributed by atoms with van der Waals surface area (Å²) in [6.07, 6.45) is 0. The van der Waals surface area contributed by atoms with Gasteiger partial charge in [0, 0.05) is 5.88 Å². The molecule has 0 heterocycles. The molecule has 0 radical (unpaired) electrons. The average molecular weight is 223 g/mol. The molecule has 0 saturated carbocycles. The van der Waals surface area contributed by atoms with E-state index in [1.54, 1.807) is 0 Å². The third-order valence-electron chi connectivity index (χ3n) is 2.55. The van der Waals surface area contributed by atoms with E-state index in [0.29, 0.717) is 5.88 Å². The van der Waals surface area contributed by atoms with Crippen molar-refractivity contribution in [2.75, 3.05) is 5.88 Å². The first-order valence-electron chi connectivity index (χ1n) is 4.68. The molecule has 0 saturated heterocycles. The Balaban J connectivity index is 3.10. The molecule has 0 aliphatic rings. The van der Waals surface area contributed by atoms with Crippen molar-refractivity contribution < 1.29 is 0 Å². The standard InChI is InChI=1S/C12H15ClSi/c1-3-14(4-2,11-10-13)12-8-6-5-7-9-12/h3-9H,1-2,10-11H2. The van der Waals surface area contributed by atoms with E-state index in [1.165, 1.54) is 5.19 Å². The molecule has 0 bridgehead atoms. The predicted molar refractivity (Wildman–Crippen MR) is 67.8 cm³/mol. The van der Waals surface area contributed by atoms with Gasteiger partial charge in [-0.15, -0.1) is 24.8 Å². The van der Waals surface area contributed by atoms with Gasteiger partial charge in [-0.3, -0.25) is 0 Å². The van der Waals surface area contributed by atoms with Gasteiger partial charge in [-0.05, 0) is 6.04 Å². The van der Waals surface area contributed by atoms with Crippen molar-refractivity contribution in [3.63, 3.8) is 0 Å². The maximum absolute atomic E-state index is 5.83. The number of rotatable bonds is 5. The van der Waals surface area contributed by atoms with Crippen LogP contribution in [0.5, 0.6) is 0 Å². The number of halogens is 1. The lowest BCUT2D eigenvalue weighted by atomic mass is 10.4. The highest BCUT2D eigenvalue weighted by molar-refractivity contribution is 7.00. The van der Waals surface area contributed by atoms with Gasteiger partial charge in [-0.1, -0.05) is 46.9 Å². The summed E-state index contributed by atoms with van der Waals surface area (Å²) in [5.74, 6) is 0.666. The number of alkyl halides is 1. The summed E-state index contributed by atoms with van der Waals surface area (Å²) in [7, 11) is -1.72. The van der Waals surface area contributed by atoms with Crippen LogP contribution >= 0.6 is 11.6 Å².